The zero-order valence-corrected chi connectivity index (χ0v) is 13.1. The molecule has 0 aliphatic heterocycles. The van der Waals surface area contributed by atoms with Crippen molar-refractivity contribution in [2.75, 3.05) is 10.6 Å². The number of urea groups is 1. The van der Waals surface area contributed by atoms with Crippen molar-refractivity contribution >= 4 is 28.2 Å². The molecule has 2 N–H and O–H groups in total. The maximum absolute atomic E-state index is 12.9. The molecular formula is C14H15F3N4OS. The quantitative estimate of drug-likeness (QED) is 0.836. The van der Waals surface area contributed by atoms with Gasteiger partial charge in [-0.25, -0.2) is 4.79 Å². The molecule has 124 valence electrons. The molecule has 9 heteroatoms. The van der Waals surface area contributed by atoms with Crippen molar-refractivity contribution in [2.45, 2.75) is 32.4 Å². The minimum Gasteiger partial charge on any atom is -0.307 e. The van der Waals surface area contributed by atoms with Crippen LogP contribution in [0.25, 0.3) is 0 Å². The Morgan fingerprint density at radius 1 is 1.22 bits per heavy atom. The van der Waals surface area contributed by atoms with Crippen LogP contribution in [0.15, 0.2) is 24.3 Å². The summed E-state index contributed by atoms with van der Waals surface area (Å²) in [6, 6.07) is 3.98. The molecule has 0 radical (unpaired) electrons. The van der Waals surface area contributed by atoms with E-state index in [4.69, 9.17) is 0 Å². The van der Waals surface area contributed by atoms with E-state index in [0.717, 1.165) is 30.3 Å². The number of aromatic nitrogens is 2. The third kappa shape index (κ3) is 4.92. The zero-order chi connectivity index (χ0) is 16.9. The summed E-state index contributed by atoms with van der Waals surface area (Å²) in [5.74, 6) is 0. The highest BCUT2D eigenvalue weighted by Gasteiger charge is 2.33. The van der Waals surface area contributed by atoms with Gasteiger partial charge in [-0.2, -0.15) is 13.2 Å². The number of para-hydroxylation sites is 1. The molecule has 2 rings (SSSR count). The Bertz CT molecular complexity index is 672. The van der Waals surface area contributed by atoms with E-state index in [0.29, 0.717) is 0 Å². The van der Waals surface area contributed by atoms with Gasteiger partial charge in [-0.3, -0.25) is 5.32 Å². The average Bonchev–Trinajstić information content (AvgIpc) is 2.91. The standard InChI is InChI=1S/C14H15F3N4OS/c1-2-3-8-11-20-21-13(23-11)19-12(22)18-10-7-5-4-6-9(10)14(15,16)17/h4-7H,2-3,8H2,1H3,(H2,18,19,21,22). The molecule has 0 spiro atoms. The van der Waals surface area contributed by atoms with Crippen LogP contribution in [-0.2, 0) is 12.6 Å². The van der Waals surface area contributed by atoms with Crippen molar-refractivity contribution in [3.8, 4) is 0 Å². The number of anilines is 2. The van der Waals surface area contributed by atoms with Gasteiger partial charge in [0, 0.05) is 6.42 Å². The van der Waals surface area contributed by atoms with Gasteiger partial charge in [0.15, 0.2) is 0 Å². The van der Waals surface area contributed by atoms with Crippen molar-refractivity contribution < 1.29 is 18.0 Å². The van der Waals surface area contributed by atoms with Crippen LogP contribution in [-0.4, -0.2) is 16.2 Å². The first-order valence-corrected chi connectivity index (χ1v) is 7.78. The van der Waals surface area contributed by atoms with Gasteiger partial charge in [-0.05, 0) is 18.6 Å². The number of hydrogen-bond acceptors (Lipinski definition) is 4. The number of amides is 2. The first-order chi connectivity index (χ1) is 10.9. The lowest BCUT2D eigenvalue weighted by atomic mass is 10.1. The molecule has 1 heterocycles. The Balaban J connectivity index is 2.02. The number of carbonyl (C=O) groups excluding carboxylic acids is 1. The van der Waals surface area contributed by atoms with E-state index < -0.39 is 17.8 Å². The topological polar surface area (TPSA) is 66.9 Å². The number of hydrogen-bond donors (Lipinski definition) is 2. The zero-order valence-electron chi connectivity index (χ0n) is 12.3. The molecule has 1 aromatic heterocycles. The largest absolute Gasteiger partial charge is 0.418 e. The number of unbranched alkanes of at least 4 members (excludes halogenated alkanes) is 1. The minimum atomic E-state index is -4.54. The normalized spacial score (nSPS) is 11.3. The summed E-state index contributed by atoms with van der Waals surface area (Å²) in [6.07, 6.45) is -1.81. The van der Waals surface area contributed by atoms with E-state index in [9.17, 15) is 18.0 Å². The van der Waals surface area contributed by atoms with Crippen molar-refractivity contribution in [2.24, 2.45) is 0 Å². The second-order valence-electron chi connectivity index (χ2n) is 4.73. The number of benzene rings is 1. The lowest BCUT2D eigenvalue weighted by Crippen LogP contribution is -2.21. The first kappa shape index (κ1) is 17.2. The van der Waals surface area contributed by atoms with Gasteiger partial charge in [-0.15, -0.1) is 10.2 Å². The van der Waals surface area contributed by atoms with E-state index in [2.05, 4.69) is 20.8 Å². The molecule has 0 atom stereocenters. The molecule has 0 aliphatic carbocycles. The summed E-state index contributed by atoms with van der Waals surface area (Å²) in [6.45, 7) is 2.05. The van der Waals surface area contributed by atoms with Gasteiger partial charge < -0.3 is 5.32 Å². The molecule has 0 saturated carbocycles. The lowest BCUT2D eigenvalue weighted by molar-refractivity contribution is -0.136. The molecule has 0 bridgehead atoms. The maximum Gasteiger partial charge on any atom is 0.418 e. The van der Waals surface area contributed by atoms with E-state index in [-0.39, 0.29) is 10.8 Å². The van der Waals surface area contributed by atoms with Crippen LogP contribution < -0.4 is 10.6 Å². The van der Waals surface area contributed by atoms with Gasteiger partial charge in [0.05, 0.1) is 11.3 Å². The summed E-state index contributed by atoms with van der Waals surface area (Å²) in [5, 5.41) is 13.3. The highest BCUT2D eigenvalue weighted by molar-refractivity contribution is 7.15. The highest BCUT2D eigenvalue weighted by Crippen LogP contribution is 2.34. The molecule has 0 saturated heterocycles. The molecule has 23 heavy (non-hydrogen) atoms. The fraction of sp³-hybridized carbons (Fsp3) is 0.357. The monoisotopic (exact) mass is 344 g/mol. The number of alkyl halides is 3. The van der Waals surface area contributed by atoms with Crippen LogP contribution in [0.3, 0.4) is 0 Å². The van der Waals surface area contributed by atoms with Crippen molar-refractivity contribution in [1.29, 1.82) is 0 Å². The number of nitrogens with one attached hydrogen (secondary N) is 2. The predicted octanol–water partition coefficient (Wildman–Crippen LogP) is 4.54. The van der Waals surface area contributed by atoms with Crippen molar-refractivity contribution in [3.05, 3.63) is 34.8 Å². The van der Waals surface area contributed by atoms with E-state index in [1.807, 2.05) is 6.92 Å². The number of carbonyl (C=O) groups is 1. The van der Waals surface area contributed by atoms with E-state index in [1.54, 1.807) is 0 Å². The summed E-state index contributed by atoms with van der Waals surface area (Å²) < 4.78 is 38.6. The van der Waals surface area contributed by atoms with Crippen LogP contribution >= 0.6 is 11.3 Å². The summed E-state index contributed by atoms with van der Waals surface area (Å²) in [7, 11) is 0. The van der Waals surface area contributed by atoms with Crippen LogP contribution in [0, 0.1) is 0 Å². The Morgan fingerprint density at radius 2 is 1.96 bits per heavy atom. The van der Waals surface area contributed by atoms with Gasteiger partial charge in [0.25, 0.3) is 0 Å². The summed E-state index contributed by atoms with van der Waals surface area (Å²) in [4.78, 5) is 11.8. The van der Waals surface area contributed by atoms with E-state index in [1.165, 1.54) is 29.5 Å². The molecule has 2 aromatic rings. The molecule has 0 unspecified atom stereocenters. The molecule has 0 fully saturated rings. The van der Waals surface area contributed by atoms with Crippen LogP contribution in [0.1, 0.15) is 30.3 Å². The van der Waals surface area contributed by atoms with Crippen molar-refractivity contribution in [3.63, 3.8) is 0 Å². The van der Waals surface area contributed by atoms with Crippen LogP contribution in [0.2, 0.25) is 0 Å². The Labute approximate surface area is 134 Å². The second-order valence-corrected chi connectivity index (χ2v) is 5.79. The molecule has 0 aliphatic rings. The average molecular weight is 344 g/mol. The molecular weight excluding hydrogens is 329 g/mol. The SMILES string of the molecule is CCCCc1nnc(NC(=O)Nc2ccccc2C(F)(F)F)s1. The smallest absolute Gasteiger partial charge is 0.307 e. The van der Waals surface area contributed by atoms with Crippen LogP contribution in [0.4, 0.5) is 28.8 Å². The number of halogens is 3. The highest BCUT2D eigenvalue weighted by atomic mass is 32.1. The summed E-state index contributed by atoms with van der Waals surface area (Å²) in [5.41, 5.74) is -1.22. The van der Waals surface area contributed by atoms with Gasteiger partial charge in [0.2, 0.25) is 5.13 Å². The first-order valence-electron chi connectivity index (χ1n) is 6.96. The second kappa shape index (κ2) is 7.40. The molecule has 5 nitrogen and oxygen atoms in total. The van der Waals surface area contributed by atoms with Crippen molar-refractivity contribution in [1.82, 2.24) is 10.2 Å². The molecule has 1 aromatic carbocycles. The van der Waals surface area contributed by atoms with Gasteiger partial charge in [-0.1, -0.05) is 36.8 Å². The fourth-order valence-corrected chi connectivity index (χ4v) is 2.60. The van der Waals surface area contributed by atoms with Gasteiger partial charge >= 0.3 is 12.2 Å². The van der Waals surface area contributed by atoms with Crippen LogP contribution in [0.5, 0.6) is 0 Å². The number of aryl methyl sites for hydroxylation is 1. The third-order valence-electron chi connectivity index (χ3n) is 2.91. The van der Waals surface area contributed by atoms with Gasteiger partial charge in [0.1, 0.15) is 5.01 Å². The number of nitrogens with zero attached hydrogens (tertiary/aromatic N) is 2. The molecule has 2 amide bonds. The Hall–Kier alpha value is -2.16. The van der Waals surface area contributed by atoms with E-state index >= 15 is 0 Å². The summed E-state index contributed by atoms with van der Waals surface area (Å²) >= 11 is 1.21. The Morgan fingerprint density at radius 3 is 2.65 bits per heavy atom. The number of rotatable bonds is 5. The predicted molar refractivity (Wildman–Crippen MR) is 82.6 cm³/mol. The maximum atomic E-state index is 12.9. The third-order valence-corrected chi connectivity index (χ3v) is 3.81. The lowest BCUT2D eigenvalue weighted by Gasteiger charge is -2.13. The minimum absolute atomic E-state index is 0.248. The fourth-order valence-electron chi connectivity index (χ4n) is 1.82. The Kier molecular flexibility index (Phi) is 5.54.